The van der Waals surface area contributed by atoms with E-state index in [-0.39, 0.29) is 12.5 Å². The molecule has 0 spiro atoms. The summed E-state index contributed by atoms with van der Waals surface area (Å²) in [6, 6.07) is 12.3. The summed E-state index contributed by atoms with van der Waals surface area (Å²) in [6.45, 7) is 3.68. The Labute approximate surface area is 152 Å². The van der Waals surface area contributed by atoms with Gasteiger partial charge in [0.25, 0.3) is 5.91 Å². The van der Waals surface area contributed by atoms with Crippen molar-refractivity contribution in [1.82, 2.24) is 0 Å². The summed E-state index contributed by atoms with van der Waals surface area (Å²) < 4.78 is 16.6. The average Bonchev–Trinajstić information content (AvgIpc) is 2.59. The van der Waals surface area contributed by atoms with E-state index in [1.54, 1.807) is 49.6 Å². The molecular weight excluding hydrogens is 334 g/mol. The lowest BCUT2D eigenvalue weighted by molar-refractivity contribution is -0.118. The Balaban J connectivity index is 1.65. The molecular formula is C20H23NO5. The first-order valence-electron chi connectivity index (χ1n) is 8.45. The molecule has 0 saturated carbocycles. The molecule has 0 fully saturated rings. The van der Waals surface area contributed by atoms with E-state index in [4.69, 9.17) is 14.2 Å². The summed E-state index contributed by atoms with van der Waals surface area (Å²) in [7, 11) is 1.58. The van der Waals surface area contributed by atoms with Crippen molar-refractivity contribution in [1.29, 1.82) is 0 Å². The van der Waals surface area contributed by atoms with Crippen LogP contribution in [-0.2, 0) is 4.79 Å². The molecule has 2 aromatic rings. The van der Waals surface area contributed by atoms with E-state index < -0.39 is 11.7 Å². The second-order valence-corrected chi connectivity index (χ2v) is 6.81. The Hall–Kier alpha value is -2.73. The van der Waals surface area contributed by atoms with E-state index in [1.807, 2.05) is 13.8 Å². The lowest BCUT2D eigenvalue weighted by atomic mass is 9.91. The van der Waals surface area contributed by atoms with Crippen molar-refractivity contribution < 1.29 is 24.1 Å². The van der Waals surface area contributed by atoms with E-state index in [0.29, 0.717) is 34.9 Å². The standard InChI is InChI=1S/C20H23NO5/c1-20(2)11-15(22)19-16(5-4-6-17(19)26-20)25-12-18(23)21-13-7-9-14(24-3)10-8-13/h4-10,15,22H,11-12H2,1-3H3,(H,21,23). The highest BCUT2D eigenvalue weighted by molar-refractivity contribution is 5.91. The average molecular weight is 357 g/mol. The summed E-state index contributed by atoms with van der Waals surface area (Å²) in [5.74, 6) is 1.46. The minimum atomic E-state index is -0.699. The van der Waals surface area contributed by atoms with Gasteiger partial charge in [-0.25, -0.2) is 0 Å². The van der Waals surface area contributed by atoms with Crippen LogP contribution < -0.4 is 19.5 Å². The molecule has 1 heterocycles. The summed E-state index contributed by atoms with van der Waals surface area (Å²) in [5, 5.41) is 13.2. The predicted octanol–water partition coefficient (Wildman–Crippen LogP) is 3.31. The summed E-state index contributed by atoms with van der Waals surface area (Å²) >= 11 is 0. The molecule has 0 radical (unpaired) electrons. The third kappa shape index (κ3) is 4.08. The summed E-state index contributed by atoms with van der Waals surface area (Å²) in [5.41, 5.74) is 0.792. The minimum Gasteiger partial charge on any atom is -0.497 e. The zero-order valence-corrected chi connectivity index (χ0v) is 15.1. The van der Waals surface area contributed by atoms with Gasteiger partial charge >= 0.3 is 0 Å². The normalized spacial score (nSPS) is 17.6. The van der Waals surface area contributed by atoms with E-state index >= 15 is 0 Å². The van der Waals surface area contributed by atoms with E-state index in [9.17, 15) is 9.90 Å². The van der Waals surface area contributed by atoms with Gasteiger partial charge in [-0.05, 0) is 50.2 Å². The monoisotopic (exact) mass is 357 g/mol. The molecule has 0 bridgehead atoms. The van der Waals surface area contributed by atoms with E-state index in [1.165, 1.54) is 0 Å². The Kier molecular flexibility index (Phi) is 5.04. The molecule has 2 N–H and O–H groups in total. The molecule has 6 nitrogen and oxygen atoms in total. The molecule has 3 rings (SSSR count). The maximum absolute atomic E-state index is 12.1. The van der Waals surface area contributed by atoms with Gasteiger partial charge in [0.1, 0.15) is 22.8 Å². The molecule has 1 aliphatic heterocycles. The van der Waals surface area contributed by atoms with Crippen molar-refractivity contribution in [3.63, 3.8) is 0 Å². The number of nitrogens with one attached hydrogen (secondary N) is 1. The van der Waals surface area contributed by atoms with Crippen LogP contribution in [0.5, 0.6) is 17.2 Å². The number of hydrogen-bond acceptors (Lipinski definition) is 5. The van der Waals surface area contributed by atoms with Crippen molar-refractivity contribution >= 4 is 11.6 Å². The second-order valence-electron chi connectivity index (χ2n) is 6.81. The number of carbonyl (C=O) groups is 1. The van der Waals surface area contributed by atoms with Gasteiger partial charge in [-0.1, -0.05) is 6.07 Å². The van der Waals surface area contributed by atoms with Gasteiger partial charge in [-0.2, -0.15) is 0 Å². The number of aliphatic hydroxyl groups excluding tert-OH is 1. The number of ether oxygens (including phenoxy) is 3. The maximum Gasteiger partial charge on any atom is 0.262 e. The first kappa shape index (κ1) is 18.1. The highest BCUT2D eigenvalue weighted by atomic mass is 16.5. The molecule has 6 heteroatoms. The fraction of sp³-hybridized carbons (Fsp3) is 0.350. The third-order valence-corrected chi connectivity index (χ3v) is 4.16. The fourth-order valence-electron chi connectivity index (χ4n) is 2.99. The number of carbonyl (C=O) groups excluding carboxylic acids is 1. The zero-order valence-electron chi connectivity index (χ0n) is 15.1. The highest BCUT2D eigenvalue weighted by Gasteiger charge is 2.34. The lowest BCUT2D eigenvalue weighted by Crippen LogP contribution is -2.35. The number of methoxy groups -OCH3 is 1. The van der Waals surface area contributed by atoms with E-state index in [0.717, 1.165) is 0 Å². The smallest absolute Gasteiger partial charge is 0.262 e. The van der Waals surface area contributed by atoms with Gasteiger partial charge in [0.2, 0.25) is 0 Å². The van der Waals surface area contributed by atoms with Gasteiger partial charge in [-0.15, -0.1) is 0 Å². The largest absolute Gasteiger partial charge is 0.497 e. The van der Waals surface area contributed by atoms with Crippen LogP contribution in [0, 0.1) is 0 Å². The molecule has 1 unspecified atom stereocenters. The summed E-state index contributed by atoms with van der Waals surface area (Å²) in [4.78, 5) is 12.1. The predicted molar refractivity (Wildman–Crippen MR) is 97.8 cm³/mol. The molecule has 2 aromatic carbocycles. The van der Waals surface area contributed by atoms with Gasteiger partial charge in [-0.3, -0.25) is 4.79 Å². The van der Waals surface area contributed by atoms with Crippen LogP contribution in [0.2, 0.25) is 0 Å². The first-order valence-corrected chi connectivity index (χ1v) is 8.45. The van der Waals surface area contributed by atoms with Crippen LogP contribution in [0.25, 0.3) is 0 Å². The molecule has 26 heavy (non-hydrogen) atoms. The maximum atomic E-state index is 12.1. The first-order chi connectivity index (χ1) is 12.4. The number of aliphatic hydroxyl groups is 1. The van der Waals surface area contributed by atoms with Crippen molar-refractivity contribution in [3.05, 3.63) is 48.0 Å². The van der Waals surface area contributed by atoms with Crippen molar-refractivity contribution in [2.75, 3.05) is 19.0 Å². The molecule has 0 aliphatic carbocycles. The quantitative estimate of drug-likeness (QED) is 0.858. The second kappa shape index (κ2) is 7.25. The minimum absolute atomic E-state index is 0.168. The fourth-order valence-corrected chi connectivity index (χ4v) is 2.99. The Morgan fingerprint density at radius 1 is 1.27 bits per heavy atom. The van der Waals surface area contributed by atoms with Crippen molar-refractivity contribution in [2.45, 2.75) is 32.0 Å². The summed E-state index contributed by atoms with van der Waals surface area (Å²) in [6.07, 6.45) is -0.243. The number of anilines is 1. The zero-order chi connectivity index (χ0) is 18.7. The van der Waals surface area contributed by atoms with Gasteiger partial charge < -0.3 is 24.6 Å². The Bertz CT molecular complexity index is 785. The lowest BCUT2D eigenvalue weighted by Gasteiger charge is -2.36. The van der Waals surface area contributed by atoms with Crippen LogP contribution in [0.1, 0.15) is 31.9 Å². The SMILES string of the molecule is COc1ccc(NC(=O)COc2cccc3c2C(O)CC(C)(C)O3)cc1. The number of hydrogen-bond donors (Lipinski definition) is 2. The molecule has 1 amide bonds. The van der Waals surface area contributed by atoms with Crippen LogP contribution >= 0.6 is 0 Å². The van der Waals surface area contributed by atoms with Gasteiger partial charge in [0.05, 0.1) is 18.8 Å². The van der Waals surface area contributed by atoms with Crippen molar-refractivity contribution in [2.24, 2.45) is 0 Å². The van der Waals surface area contributed by atoms with E-state index in [2.05, 4.69) is 5.32 Å². The van der Waals surface area contributed by atoms with Crippen molar-refractivity contribution in [3.8, 4) is 17.2 Å². The highest BCUT2D eigenvalue weighted by Crippen LogP contribution is 2.44. The molecule has 1 atom stereocenters. The van der Waals surface area contributed by atoms with Crippen LogP contribution in [-0.4, -0.2) is 30.3 Å². The molecule has 138 valence electrons. The molecule has 1 aliphatic rings. The van der Waals surface area contributed by atoms with Gasteiger partial charge in [0.15, 0.2) is 6.61 Å². The third-order valence-electron chi connectivity index (χ3n) is 4.16. The molecule has 0 saturated heterocycles. The van der Waals surface area contributed by atoms with Crippen LogP contribution in [0.3, 0.4) is 0 Å². The Morgan fingerprint density at radius 2 is 2.00 bits per heavy atom. The topological polar surface area (TPSA) is 77.0 Å². The molecule has 0 aromatic heterocycles. The van der Waals surface area contributed by atoms with Crippen LogP contribution in [0.15, 0.2) is 42.5 Å². The van der Waals surface area contributed by atoms with Crippen LogP contribution in [0.4, 0.5) is 5.69 Å². The number of benzene rings is 2. The number of amides is 1. The van der Waals surface area contributed by atoms with Gasteiger partial charge in [0, 0.05) is 12.1 Å². The number of fused-ring (bicyclic) bond motifs is 1. The number of rotatable bonds is 5. The Morgan fingerprint density at radius 3 is 2.69 bits per heavy atom.